The fourth-order valence-corrected chi connectivity index (χ4v) is 3.21. The predicted octanol–water partition coefficient (Wildman–Crippen LogP) is 1.54. The molecule has 0 spiro atoms. The molecule has 0 aromatic carbocycles. The van der Waals surface area contributed by atoms with Crippen LogP contribution in [0.4, 0.5) is 11.8 Å². The third-order valence-corrected chi connectivity index (χ3v) is 4.21. The Labute approximate surface area is 117 Å². The molecule has 20 heavy (non-hydrogen) atoms. The Balaban J connectivity index is 1.77. The van der Waals surface area contributed by atoms with E-state index in [9.17, 15) is 0 Å². The number of H-pyrrole nitrogens is 1. The van der Waals surface area contributed by atoms with Crippen molar-refractivity contribution in [3.8, 4) is 11.4 Å². The van der Waals surface area contributed by atoms with Crippen LogP contribution >= 0.6 is 0 Å². The van der Waals surface area contributed by atoms with Crippen molar-refractivity contribution >= 4 is 11.8 Å². The molecule has 1 aliphatic carbocycles. The maximum atomic E-state index is 5.89. The fraction of sp³-hybridized carbons (Fsp3) is 0.500. The summed E-state index contributed by atoms with van der Waals surface area (Å²) in [6, 6.07) is 2.02. The van der Waals surface area contributed by atoms with E-state index in [0.29, 0.717) is 5.95 Å². The quantitative estimate of drug-likeness (QED) is 0.864. The number of nitrogens with zero attached hydrogens (tertiary/aromatic N) is 4. The number of rotatable bonds is 2. The van der Waals surface area contributed by atoms with Gasteiger partial charge >= 0.3 is 0 Å². The SMILES string of the molecule is Nc1nc(-c2n[nH]c3c2CCC3)cc(N2CCCC2)n1. The first-order chi connectivity index (χ1) is 9.81. The highest BCUT2D eigenvalue weighted by molar-refractivity contribution is 5.65. The van der Waals surface area contributed by atoms with E-state index >= 15 is 0 Å². The van der Waals surface area contributed by atoms with Gasteiger partial charge in [0.05, 0.1) is 5.69 Å². The van der Waals surface area contributed by atoms with Gasteiger partial charge in [0.1, 0.15) is 11.5 Å². The summed E-state index contributed by atoms with van der Waals surface area (Å²) < 4.78 is 0. The highest BCUT2D eigenvalue weighted by Crippen LogP contribution is 2.31. The number of hydrogen-bond acceptors (Lipinski definition) is 5. The van der Waals surface area contributed by atoms with Gasteiger partial charge in [-0.15, -0.1) is 0 Å². The van der Waals surface area contributed by atoms with Gasteiger partial charge in [0.25, 0.3) is 0 Å². The minimum absolute atomic E-state index is 0.333. The molecule has 0 bridgehead atoms. The number of aromatic amines is 1. The van der Waals surface area contributed by atoms with Gasteiger partial charge in [-0.05, 0) is 32.1 Å². The summed E-state index contributed by atoms with van der Waals surface area (Å²) in [5.41, 5.74) is 10.2. The first-order valence-corrected chi connectivity index (χ1v) is 7.27. The smallest absolute Gasteiger partial charge is 0.222 e. The van der Waals surface area contributed by atoms with Crippen molar-refractivity contribution in [1.29, 1.82) is 0 Å². The molecule has 6 heteroatoms. The van der Waals surface area contributed by atoms with Gasteiger partial charge in [-0.25, -0.2) is 4.98 Å². The molecule has 2 aliphatic rings. The lowest BCUT2D eigenvalue weighted by atomic mass is 10.1. The fourth-order valence-electron chi connectivity index (χ4n) is 3.21. The summed E-state index contributed by atoms with van der Waals surface area (Å²) in [6.07, 6.45) is 5.79. The average Bonchev–Trinajstić information content (AvgIpc) is 3.15. The average molecular weight is 270 g/mol. The molecule has 1 saturated heterocycles. The van der Waals surface area contributed by atoms with Crippen LogP contribution in [0.1, 0.15) is 30.5 Å². The third kappa shape index (κ3) is 1.83. The minimum atomic E-state index is 0.333. The molecule has 2 aromatic rings. The molecular weight excluding hydrogens is 252 g/mol. The van der Waals surface area contributed by atoms with Gasteiger partial charge in [0, 0.05) is 30.4 Å². The Morgan fingerprint density at radius 3 is 2.80 bits per heavy atom. The molecule has 2 aromatic heterocycles. The van der Waals surface area contributed by atoms with E-state index in [1.165, 1.54) is 30.5 Å². The van der Waals surface area contributed by atoms with Gasteiger partial charge in [-0.1, -0.05) is 0 Å². The monoisotopic (exact) mass is 270 g/mol. The van der Waals surface area contributed by atoms with E-state index in [4.69, 9.17) is 5.73 Å². The predicted molar refractivity (Wildman–Crippen MR) is 77.5 cm³/mol. The van der Waals surface area contributed by atoms with Crippen molar-refractivity contribution in [2.45, 2.75) is 32.1 Å². The van der Waals surface area contributed by atoms with Crippen LogP contribution in [0.2, 0.25) is 0 Å². The van der Waals surface area contributed by atoms with Crippen LogP contribution in [0.3, 0.4) is 0 Å². The van der Waals surface area contributed by atoms with E-state index in [2.05, 4.69) is 25.1 Å². The first kappa shape index (κ1) is 11.7. The zero-order chi connectivity index (χ0) is 13.5. The molecule has 0 atom stereocenters. The van der Waals surface area contributed by atoms with E-state index < -0.39 is 0 Å². The summed E-state index contributed by atoms with van der Waals surface area (Å²) in [7, 11) is 0. The molecule has 6 nitrogen and oxygen atoms in total. The van der Waals surface area contributed by atoms with Crippen molar-refractivity contribution in [3.63, 3.8) is 0 Å². The van der Waals surface area contributed by atoms with Gasteiger partial charge in [0.15, 0.2) is 0 Å². The minimum Gasteiger partial charge on any atom is -0.368 e. The second-order valence-electron chi connectivity index (χ2n) is 5.55. The Morgan fingerprint density at radius 2 is 1.95 bits per heavy atom. The van der Waals surface area contributed by atoms with E-state index in [-0.39, 0.29) is 0 Å². The summed E-state index contributed by atoms with van der Waals surface area (Å²) >= 11 is 0. The molecule has 0 saturated carbocycles. The Kier molecular flexibility index (Phi) is 2.61. The van der Waals surface area contributed by atoms with Crippen LogP contribution in [-0.2, 0) is 12.8 Å². The molecular formula is C14H18N6. The van der Waals surface area contributed by atoms with Crippen molar-refractivity contribution in [1.82, 2.24) is 20.2 Å². The van der Waals surface area contributed by atoms with E-state index in [1.54, 1.807) is 0 Å². The van der Waals surface area contributed by atoms with E-state index in [0.717, 1.165) is 43.1 Å². The number of nitrogens with one attached hydrogen (secondary N) is 1. The molecule has 4 rings (SSSR count). The zero-order valence-electron chi connectivity index (χ0n) is 11.4. The van der Waals surface area contributed by atoms with Gasteiger partial charge < -0.3 is 10.6 Å². The molecule has 0 unspecified atom stereocenters. The van der Waals surface area contributed by atoms with Gasteiger partial charge in [-0.2, -0.15) is 10.1 Å². The Hall–Kier alpha value is -2.11. The standard InChI is InChI=1S/C14H18N6/c15-14-16-11(8-12(17-14)20-6-1-2-7-20)13-9-4-3-5-10(9)18-19-13/h8H,1-7H2,(H,18,19)(H2,15,16,17). The van der Waals surface area contributed by atoms with Crippen LogP contribution in [0.5, 0.6) is 0 Å². The second kappa shape index (κ2) is 4.47. The number of anilines is 2. The Morgan fingerprint density at radius 1 is 1.10 bits per heavy atom. The molecule has 0 amide bonds. The maximum absolute atomic E-state index is 5.89. The topological polar surface area (TPSA) is 83.7 Å². The Bertz CT molecular complexity index is 641. The summed E-state index contributed by atoms with van der Waals surface area (Å²) in [6.45, 7) is 2.10. The number of nitrogen functional groups attached to an aromatic ring is 1. The van der Waals surface area contributed by atoms with Crippen molar-refractivity contribution in [3.05, 3.63) is 17.3 Å². The number of aromatic nitrogens is 4. The summed E-state index contributed by atoms with van der Waals surface area (Å²) in [5.74, 6) is 1.26. The van der Waals surface area contributed by atoms with Gasteiger partial charge in [-0.3, -0.25) is 5.10 Å². The highest BCUT2D eigenvalue weighted by Gasteiger charge is 2.22. The van der Waals surface area contributed by atoms with Crippen LogP contribution in [0.25, 0.3) is 11.4 Å². The lowest BCUT2D eigenvalue weighted by molar-refractivity contribution is 0.865. The summed E-state index contributed by atoms with van der Waals surface area (Å²) in [4.78, 5) is 11.0. The number of aryl methyl sites for hydroxylation is 1. The zero-order valence-corrected chi connectivity index (χ0v) is 11.4. The molecule has 1 aliphatic heterocycles. The van der Waals surface area contributed by atoms with Crippen LogP contribution < -0.4 is 10.6 Å². The third-order valence-electron chi connectivity index (χ3n) is 4.21. The lowest BCUT2D eigenvalue weighted by Crippen LogP contribution is -2.20. The van der Waals surface area contributed by atoms with Crippen LogP contribution in [-0.4, -0.2) is 33.3 Å². The second-order valence-corrected chi connectivity index (χ2v) is 5.55. The van der Waals surface area contributed by atoms with Crippen molar-refractivity contribution in [2.75, 3.05) is 23.7 Å². The normalized spacial score (nSPS) is 17.7. The van der Waals surface area contributed by atoms with Crippen LogP contribution in [0, 0.1) is 0 Å². The number of fused-ring (bicyclic) bond motifs is 1. The molecule has 3 N–H and O–H groups in total. The van der Waals surface area contributed by atoms with Gasteiger partial charge in [0.2, 0.25) is 5.95 Å². The lowest BCUT2D eigenvalue weighted by Gasteiger charge is -2.17. The summed E-state index contributed by atoms with van der Waals surface area (Å²) in [5, 5.41) is 7.56. The molecule has 3 heterocycles. The van der Waals surface area contributed by atoms with E-state index in [1.807, 2.05) is 6.07 Å². The van der Waals surface area contributed by atoms with Crippen LogP contribution in [0.15, 0.2) is 6.07 Å². The molecule has 1 fully saturated rings. The maximum Gasteiger partial charge on any atom is 0.222 e. The molecule has 104 valence electrons. The highest BCUT2D eigenvalue weighted by atomic mass is 15.2. The number of hydrogen-bond donors (Lipinski definition) is 2. The molecule has 0 radical (unpaired) electrons. The van der Waals surface area contributed by atoms with Crippen molar-refractivity contribution < 1.29 is 0 Å². The van der Waals surface area contributed by atoms with Crippen molar-refractivity contribution in [2.24, 2.45) is 0 Å². The largest absolute Gasteiger partial charge is 0.368 e. The number of nitrogens with two attached hydrogens (primary N) is 1. The first-order valence-electron chi connectivity index (χ1n) is 7.27.